The van der Waals surface area contributed by atoms with Crippen molar-refractivity contribution >= 4 is 21.9 Å². The number of hydrogen-bond acceptors (Lipinski definition) is 4. The molecule has 0 rings (SSSR count). The maximum absolute atomic E-state index is 11.5. The zero-order chi connectivity index (χ0) is 13.9. The Labute approximate surface area is 101 Å². The van der Waals surface area contributed by atoms with E-state index in [0.717, 1.165) is 6.26 Å². The number of sulfonamides is 1. The SMILES string of the molecule is CC(CC(C)(C)CC(=O)O)C(=O)NS(C)(=O)=O. The first-order valence-electron chi connectivity index (χ1n) is 5.16. The molecule has 0 fully saturated rings. The van der Waals surface area contributed by atoms with Crippen LogP contribution in [0.3, 0.4) is 0 Å². The van der Waals surface area contributed by atoms with Crippen LogP contribution in [0.2, 0.25) is 0 Å². The van der Waals surface area contributed by atoms with Gasteiger partial charge < -0.3 is 5.11 Å². The number of carboxylic acid groups (broad SMARTS) is 1. The molecule has 0 aromatic heterocycles. The van der Waals surface area contributed by atoms with Gasteiger partial charge in [0.2, 0.25) is 15.9 Å². The van der Waals surface area contributed by atoms with E-state index in [-0.39, 0.29) is 6.42 Å². The van der Waals surface area contributed by atoms with Gasteiger partial charge in [-0.15, -0.1) is 0 Å². The molecule has 1 unspecified atom stereocenters. The molecule has 0 aliphatic carbocycles. The Morgan fingerprint density at radius 2 is 1.82 bits per heavy atom. The van der Waals surface area contributed by atoms with E-state index < -0.39 is 33.2 Å². The third kappa shape index (κ3) is 7.73. The lowest BCUT2D eigenvalue weighted by Gasteiger charge is -2.25. The zero-order valence-corrected chi connectivity index (χ0v) is 11.3. The highest BCUT2D eigenvalue weighted by atomic mass is 32.2. The molecule has 2 N–H and O–H groups in total. The van der Waals surface area contributed by atoms with Crippen LogP contribution < -0.4 is 4.72 Å². The summed E-state index contributed by atoms with van der Waals surface area (Å²) >= 11 is 0. The molecule has 17 heavy (non-hydrogen) atoms. The summed E-state index contributed by atoms with van der Waals surface area (Å²) in [6, 6.07) is 0. The summed E-state index contributed by atoms with van der Waals surface area (Å²) in [7, 11) is -3.56. The first-order valence-corrected chi connectivity index (χ1v) is 7.05. The van der Waals surface area contributed by atoms with Gasteiger partial charge in [-0.3, -0.25) is 14.3 Å². The fourth-order valence-electron chi connectivity index (χ4n) is 1.69. The van der Waals surface area contributed by atoms with Crippen LogP contribution >= 0.6 is 0 Å². The fraction of sp³-hybridized carbons (Fsp3) is 0.800. The zero-order valence-electron chi connectivity index (χ0n) is 10.5. The fourth-order valence-corrected chi connectivity index (χ4v) is 2.25. The molecule has 1 atom stereocenters. The molecule has 0 saturated heterocycles. The number of rotatable bonds is 6. The number of carbonyl (C=O) groups excluding carboxylic acids is 1. The van der Waals surface area contributed by atoms with Crippen molar-refractivity contribution < 1.29 is 23.1 Å². The second kappa shape index (κ2) is 5.48. The second-order valence-electron chi connectivity index (χ2n) is 5.08. The van der Waals surface area contributed by atoms with Gasteiger partial charge in [0.25, 0.3) is 0 Å². The first-order chi connectivity index (χ1) is 7.43. The topological polar surface area (TPSA) is 101 Å². The monoisotopic (exact) mass is 265 g/mol. The summed E-state index contributed by atoms with van der Waals surface area (Å²) in [6.45, 7) is 5.03. The predicted molar refractivity (Wildman–Crippen MR) is 62.8 cm³/mol. The Kier molecular flexibility index (Phi) is 5.12. The Hall–Kier alpha value is -1.11. The third-order valence-electron chi connectivity index (χ3n) is 2.22. The van der Waals surface area contributed by atoms with Crippen molar-refractivity contribution in [2.24, 2.45) is 11.3 Å². The van der Waals surface area contributed by atoms with E-state index in [4.69, 9.17) is 5.11 Å². The van der Waals surface area contributed by atoms with Gasteiger partial charge in [-0.05, 0) is 11.8 Å². The summed E-state index contributed by atoms with van der Waals surface area (Å²) in [4.78, 5) is 22.1. The van der Waals surface area contributed by atoms with Crippen molar-refractivity contribution in [2.75, 3.05) is 6.26 Å². The maximum Gasteiger partial charge on any atom is 0.303 e. The molecule has 0 aromatic carbocycles. The van der Waals surface area contributed by atoms with E-state index in [9.17, 15) is 18.0 Å². The molecular formula is C10H19NO5S. The summed E-state index contributed by atoms with van der Waals surface area (Å²) in [5.41, 5.74) is -0.555. The number of aliphatic carboxylic acids is 1. The molecule has 0 aliphatic rings. The molecule has 6 nitrogen and oxygen atoms in total. The van der Waals surface area contributed by atoms with Gasteiger partial charge in [0, 0.05) is 5.92 Å². The van der Waals surface area contributed by atoms with E-state index in [1.165, 1.54) is 0 Å². The Bertz CT molecular complexity index is 399. The average Bonchev–Trinajstić information content (AvgIpc) is 1.96. The van der Waals surface area contributed by atoms with E-state index in [2.05, 4.69) is 0 Å². The predicted octanol–water partition coefficient (Wildman–Crippen LogP) is 0.589. The molecule has 0 spiro atoms. The summed E-state index contributed by atoms with van der Waals surface area (Å²) < 4.78 is 23.6. The number of carbonyl (C=O) groups is 2. The van der Waals surface area contributed by atoms with E-state index in [1.54, 1.807) is 20.8 Å². The average molecular weight is 265 g/mol. The van der Waals surface area contributed by atoms with Crippen molar-refractivity contribution in [3.8, 4) is 0 Å². The van der Waals surface area contributed by atoms with Gasteiger partial charge >= 0.3 is 5.97 Å². The largest absolute Gasteiger partial charge is 0.481 e. The normalized spacial score (nSPS) is 14.1. The second-order valence-corrected chi connectivity index (χ2v) is 6.83. The van der Waals surface area contributed by atoms with Crippen molar-refractivity contribution in [3.63, 3.8) is 0 Å². The van der Waals surface area contributed by atoms with Crippen LogP contribution in [-0.4, -0.2) is 31.7 Å². The van der Waals surface area contributed by atoms with E-state index >= 15 is 0 Å². The smallest absolute Gasteiger partial charge is 0.303 e. The lowest BCUT2D eigenvalue weighted by Crippen LogP contribution is -2.36. The van der Waals surface area contributed by atoms with Gasteiger partial charge in [-0.25, -0.2) is 8.42 Å². The van der Waals surface area contributed by atoms with Gasteiger partial charge in [-0.2, -0.15) is 0 Å². The van der Waals surface area contributed by atoms with Crippen molar-refractivity contribution in [1.29, 1.82) is 0 Å². The molecule has 0 radical (unpaired) electrons. The van der Waals surface area contributed by atoms with Crippen LogP contribution in [0.15, 0.2) is 0 Å². The molecular weight excluding hydrogens is 246 g/mol. The molecule has 1 amide bonds. The lowest BCUT2D eigenvalue weighted by molar-refractivity contribution is -0.140. The van der Waals surface area contributed by atoms with Crippen molar-refractivity contribution in [2.45, 2.75) is 33.6 Å². The van der Waals surface area contributed by atoms with Crippen LogP contribution in [0.25, 0.3) is 0 Å². The number of hydrogen-bond donors (Lipinski definition) is 2. The summed E-state index contributed by atoms with van der Waals surface area (Å²) in [6.07, 6.45) is 1.14. The molecule has 0 aromatic rings. The third-order valence-corrected chi connectivity index (χ3v) is 2.79. The molecule has 0 bridgehead atoms. The maximum atomic E-state index is 11.5. The highest BCUT2D eigenvalue weighted by Gasteiger charge is 2.28. The molecule has 0 aliphatic heterocycles. The van der Waals surface area contributed by atoms with E-state index in [0.29, 0.717) is 6.42 Å². The van der Waals surface area contributed by atoms with Crippen LogP contribution in [0, 0.1) is 11.3 Å². The number of nitrogens with one attached hydrogen (secondary N) is 1. The van der Waals surface area contributed by atoms with Gasteiger partial charge in [0.1, 0.15) is 0 Å². The molecule has 100 valence electrons. The van der Waals surface area contributed by atoms with Gasteiger partial charge in [0.15, 0.2) is 0 Å². The van der Waals surface area contributed by atoms with E-state index in [1.807, 2.05) is 4.72 Å². The van der Waals surface area contributed by atoms with Crippen molar-refractivity contribution in [3.05, 3.63) is 0 Å². The Balaban J connectivity index is 4.48. The molecule has 7 heteroatoms. The van der Waals surface area contributed by atoms with Crippen LogP contribution in [0.5, 0.6) is 0 Å². The Morgan fingerprint density at radius 1 is 1.35 bits per heavy atom. The minimum Gasteiger partial charge on any atom is -0.481 e. The lowest BCUT2D eigenvalue weighted by atomic mass is 9.80. The number of amides is 1. The number of carboxylic acids is 1. The summed E-state index contributed by atoms with van der Waals surface area (Å²) in [5, 5.41) is 8.69. The van der Waals surface area contributed by atoms with Crippen LogP contribution in [-0.2, 0) is 19.6 Å². The quantitative estimate of drug-likeness (QED) is 0.732. The first kappa shape index (κ1) is 15.9. The highest BCUT2D eigenvalue weighted by Crippen LogP contribution is 2.29. The molecule has 0 saturated carbocycles. The minimum atomic E-state index is -3.56. The minimum absolute atomic E-state index is 0.0660. The van der Waals surface area contributed by atoms with Gasteiger partial charge in [-0.1, -0.05) is 20.8 Å². The molecule has 0 heterocycles. The van der Waals surface area contributed by atoms with Crippen LogP contribution in [0.1, 0.15) is 33.6 Å². The highest BCUT2D eigenvalue weighted by molar-refractivity contribution is 7.89. The Morgan fingerprint density at radius 3 is 2.18 bits per heavy atom. The standard InChI is InChI=1S/C10H19NO5S/c1-7(9(14)11-17(4,15)16)5-10(2,3)6-8(12)13/h7H,5-6H2,1-4H3,(H,11,14)(H,12,13). The van der Waals surface area contributed by atoms with Crippen molar-refractivity contribution in [1.82, 2.24) is 4.72 Å². The van der Waals surface area contributed by atoms with Gasteiger partial charge in [0.05, 0.1) is 12.7 Å². The van der Waals surface area contributed by atoms with Crippen LogP contribution in [0.4, 0.5) is 0 Å². The summed E-state index contributed by atoms with van der Waals surface area (Å²) in [5.74, 6) is -2.10.